The van der Waals surface area contributed by atoms with Gasteiger partial charge in [-0.25, -0.2) is 4.98 Å². The molecule has 0 saturated carbocycles. The predicted molar refractivity (Wildman–Crippen MR) is 206 cm³/mol. The minimum Gasteiger partial charge on any atom is -0.481 e. The molecule has 4 aromatic rings. The van der Waals surface area contributed by atoms with Crippen LogP contribution in [0.15, 0.2) is 60.8 Å². The van der Waals surface area contributed by atoms with Crippen molar-refractivity contribution in [2.75, 3.05) is 38.6 Å². The number of amides is 2. The topological polar surface area (TPSA) is 175 Å². The number of anilines is 1. The Morgan fingerprint density at radius 1 is 1.13 bits per heavy atom. The maximum atomic E-state index is 13.5. The van der Waals surface area contributed by atoms with Gasteiger partial charge in [-0.2, -0.15) is 4.98 Å². The van der Waals surface area contributed by atoms with Crippen LogP contribution in [0.4, 0.5) is 5.82 Å². The lowest BCUT2D eigenvalue weighted by Gasteiger charge is -2.21. The second kappa shape index (κ2) is 16.5. The predicted octanol–water partition coefficient (Wildman–Crippen LogP) is 5.41. The number of halogens is 2. The standard InChI is InChI=1S/C40H42Cl2N6O7/c1-54-38-24(18-43-19-25(49)15-35(51)52)14-31(41)39(47-38)55-32-10-9-27-26(4-2-5-28(27)32)29-6-3-7-30(36(29)42)37(53)46-33-11-8-23(17-44-33)20-48-13-12-40(22-48)16-34(50)45-21-40/h2-8,11,14,17,25,32,43,49H,9-10,12-13,15-16,18-22H2,1H3,(H,45,50)(H,51,52)(H,44,46,53)/t25-,32-,40?/m0/s1. The minimum atomic E-state index is -1.08. The summed E-state index contributed by atoms with van der Waals surface area (Å²) in [5.74, 6) is -0.407. The number of pyridine rings is 2. The number of ether oxygens (including phenoxy) is 2. The lowest BCUT2D eigenvalue weighted by molar-refractivity contribution is -0.139. The number of aliphatic hydroxyl groups is 1. The number of benzene rings is 2. The molecule has 7 rings (SSSR count). The van der Waals surface area contributed by atoms with E-state index >= 15 is 0 Å². The molecule has 0 radical (unpaired) electrons. The number of aliphatic hydroxyl groups excluding tert-OH is 1. The first-order chi connectivity index (χ1) is 26.5. The van der Waals surface area contributed by atoms with E-state index in [1.165, 1.54) is 7.11 Å². The van der Waals surface area contributed by atoms with Crippen LogP contribution in [0.3, 0.4) is 0 Å². The smallest absolute Gasteiger partial charge is 0.306 e. The molecule has 2 aliphatic heterocycles. The molecule has 2 aromatic carbocycles. The Morgan fingerprint density at radius 3 is 2.69 bits per heavy atom. The highest BCUT2D eigenvalue weighted by Crippen LogP contribution is 2.44. The molecule has 1 spiro atoms. The van der Waals surface area contributed by atoms with Crippen molar-refractivity contribution in [3.05, 3.63) is 98.7 Å². The Kier molecular flexibility index (Phi) is 11.6. The van der Waals surface area contributed by atoms with Gasteiger partial charge in [0.1, 0.15) is 16.9 Å². The van der Waals surface area contributed by atoms with Crippen LogP contribution < -0.4 is 25.4 Å². The van der Waals surface area contributed by atoms with Crippen LogP contribution in [0.1, 0.15) is 64.4 Å². The molecule has 4 heterocycles. The van der Waals surface area contributed by atoms with Gasteiger partial charge in [-0.15, -0.1) is 0 Å². The molecule has 1 aliphatic carbocycles. The van der Waals surface area contributed by atoms with Crippen LogP contribution in [0.25, 0.3) is 11.1 Å². The van der Waals surface area contributed by atoms with Crippen molar-refractivity contribution in [1.82, 2.24) is 25.5 Å². The van der Waals surface area contributed by atoms with Gasteiger partial charge in [0.15, 0.2) is 0 Å². The van der Waals surface area contributed by atoms with E-state index in [1.54, 1.807) is 24.4 Å². The number of rotatable bonds is 14. The number of hydrogen-bond acceptors (Lipinski definition) is 10. The van der Waals surface area contributed by atoms with Crippen LogP contribution in [0.2, 0.25) is 10.0 Å². The van der Waals surface area contributed by atoms with Crippen molar-refractivity contribution in [1.29, 1.82) is 0 Å². The molecule has 2 aromatic heterocycles. The molecule has 3 aliphatic rings. The maximum Gasteiger partial charge on any atom is 0.306 e. The number of aromatic nitrogens is 2. The molecular formula is C40H42Cl2N6O7. The fraction of sp³-hybridized carbons (Fsp3) is 0.375. The van der Waals surface area contributed by atoms with Crippen molar-refractivity contribution < 1.29 is 34.1 Å². The number of methoxy groups -OCH3 is 1. The third-order valence-electron chi connectivity index (χ3n) is 10.5. The van der Waals surface area contributed by atoms with Crippen molar-refractivity contribution in [3.8, 4) is 22.9 Å². The minimum absolute atomic E-state index is 0.0373. The third kappa shape index (κ3) is 8.71. The SMILES string of the molecule is COc1nc(O[C@H]2CCc3c(-c4cccc(C(=O)Nc5ccc(CN6CCC7(CNC(=O)C7)C6)cn5)c4Cl)cccc32)c(Cl)cc1CNC[C@@H](O)CC(=O)O. The molecule has 2 amide bonds. The quantitative estimate of drug-likeness (QED) is 0.110. The molecule has 288 valence electrons. The van der Waals surface area contributed by atoms with Gasteiger partial charge in [0.05, 0.1) is 30.2 Å². The summed E-state index contributed by atoms with van der Waals surface area (Å²) in [6.07, 6.45) is 2.95. The van der Waals surface area contributed by atoms with E-state index in [1.807, 2.05) is 36.4 Å². The third-order valence-corrected chi connectivity index (χ3v) is 11.1. The number of carbonyl (C=O) groups excluding carboxylic acids is 2. The highest BCUT2D eigenvalue weighted by atomic mass is 35.5. The Bertz CT molecular complexity index is 2100. The molecule has 2 fully saturated rings. The average Bonchev–Trinajstić information content (AvgIpc) is 3.87. The Hall–Kier alpha value is -4.79. The number of aliphatic carboxylic acids is 1. The van der Waals surface area contributed by atoms with Crippen molar-refractivity contribution in [3.63, 3.8) is 0 Å². The number of carboxylic acid groups (broad SMARTS) is 1. The number of nitrogens with zero attached hydrogens (tertiary/aromatic N) is 3. The van der Waals surface area contributed by atoms with Crippen molar-refractivity contribution in [2.45, 2.75) is 57.4 Å². The van der Waals surface area contributed by atoms with Gasteiger partial charge in [0.25, 0.3) is 5.91 Å². The van der Waals surface area contributed by atoms with Crippen molar-refractivity contribution >= 4 is 46.8 Å². The van der Waals surface area contributed by atoms with Gasteiger partial charge in [-0.3, -0.25) is 19.3 Å². The molecule has 15 heteroatoms. The fourth-order valence-corrected chi connectivity index (χ4v) is 8.34. The van der Waals surface area contributed by atoms with E-state index in [4.69, 9.17) is 37.8 Å². The summed E-state index contributed by atoms with van der Waals surface area (Å²) in [6, 6.07) is 16.7. The summed E-state index contributed by atoms with van der Waals surface area (Å²) in [6.45, 7) is 3.59. The summed E-state index contributed by atoms with van der Waals surface area (Å²) in [4.78, 5) is 47.5. The molecule has 55 heavy (non-hydrogen) atoms. The molecule has 1 unspecified atom stereocenters. The van der Waals surface area contributed by atoms with Gasteiger partial charge in [0.2, 0.25) is 17.7 Å². The number of likely N-dealkylation sites (tertiary alicyclic amines) is 1. The van der Waals surface area contributed by atoms with E-state index in [-0.39, 0.29) is 59.6 Å². The normalized spacial score (nSPS) is 19.6. The first-order valence-corrected chi connectivity index (χ1v) is 18.9. The highest BCUT2D eigenvalue weighted by Gasteiger charge is 2.43. The summed E-state index contributed by atoms with van der Waals surface area (Å²) < 4.78 is 11.9. The highest BCUT2D eigenvalue weighted by molar-refractivity contribution is 6.37. The fourth-order valence-electron chi connectivity index (χ4n) is 7.81. The van der Waals surface area contributed by atoms with E-state index in [0.29, 0.717) is 41.2 Å². The zero-order valence-electron chi connectivity index (χ0n) is 30.2. The molecular weight excluding hydrogens is 747 g/mol. The second-order valence-corrected chi connectivity index (χ2v) is 15.2. The molecule has 13 nitrogen and oxygen atoms in total. The van der Waals surface area contributed by atoms with E-state index in [9.17, 15) is 19.5 Å². The van der Waals surface area contributed by atoms with E-state index in [0.717, 1.165) is 60.4 Å². The lowest BCUT2D eigenvalue weighted by atomic mass is 9.86. The number of hydrogen-bond donors (Lipinski definition) is 5. The van der Waals surface area contributed by atoms with Gasteiger partial charge >= 0.3 is 5.97 Å². The van der Waals surface area contributed by atoms with E-state index < -0.39 is 12.1 Å². The maximum absolute atomic E-state index is 13.5. The van der Waals surface area contributed by atoms with Gasteiger partial charge in [0, 0.05) is 61.9 Å². The van der Waals surface area contributed by atoms with Crippen LogP contribution in [-0.2, 0) is 29.1 Å². The lowest BCUT2D eigenvalue weighted by Crippen LogP contribution is -2.29. The first kappa shape index (κ1) is 38.5. The Labute approximate surface area is 328 Å². The molecule has 5 N–H and O–H groups in total. The van der Waals surface area contributed by atoms with Crippen LogP contribution in [0.5, 0.6) is 11.8 Å². The van der Waals surface area contributed by atoms with Gasteiger partial charge < -0.3 is 35.6 Å². The van der Waals surface area contributed by atoms with Crippen molar-refractivity contribution in [2.24, 2.45) is 5.41 Å². The zero-order chi connectivity index (χ0) is 38.7. The second-order valence-electron chi connectivity index (χ2n) is 14.4. The van der Waals surface area contributed by atoms with Crippen LogP contribution in [-0.4, -0.2) is 82.3 Å². The van der Waals surface area contributed by atoms with Crippen LogP contribution in [0, 0.1) is 5.41 Å². The molecule has 3 atom stereocenters. The summed E-state index contributed by atoms with van der Waals surface area (Å²) in [5, 5.41) is 28.2. The van der Waals surface area contributed by atoms with Gasteiger partial charge in [-0.05, 0) is 66.3 Å². The summed E-state index contributed by atoms with van der Waals surface area (Å²) in [5.41, 5.74) is 5.64. The molecule has 2 saturated heterocycles. The van der Waals surface area contributed by atoms with Gasteiger partial charge in [-0.1, -0.05) is 59.6 Å². The number of carboxylic acids is 1. The Morgan fingerprint density at radius 2 is 1.95 bits per heavy atom. The first-order valence-electron chi connectivity index (χ1n) is 18.2. The largest absolute Gasteiger partial charge is 0.481 e. The number of fused-ring (bicyclic) bond motifs is 1. The van der Waals surface area contributed by atoms with E-state index in [2.05, 4.69) is 30.8 Å². The monoisotopic (exact) mass is 788 g/mol. The summed E-state index contributed by atoms with van der Waals surface area (Å²) in [7, 11) is 1.48. The Balaban J connectivity index is 1.01. The average molecular weight is 790 g/mol. The molecule has 0 bridgehead atoms. The number of carbonyl (C=O) groups is 3. The number of nitrogens with one attached hydrogen (secondary N) is 3. The summed E-state index contributed by atoms with van der Waals surface area (Å²) >= 11 is 13.6. The zero-order valence-corrected chi connectivity index (χ0v) is 31.8. The van der Waals surface area contributed by atoms with Crippen LogP contribution >= 0.6 is 23.2 Å².